The number of aromatic nitrogens is 4. The van der Waals surface area contributed by atoms with Crippen LogP contribution in [-0.2, 0) is 10.8 Å². The highest BCUT2D eigenvalue weighted by Gasteiger charge is 2.50. The van der Waals surface area contributed by atoms with Crippen molar-refractivity contribution in [2.75, 3.05) is 0 Å². The van der Waals surface area contributed by atoms with Crippen LogP contribution in [0.5, 0.6) is 0 Å². The summed E-state index contributed by atoms with van der Waals surface area (Å²) < 4.78 is 5.08. The summed E-state index contributed by atoms with van der Waals surface area (Å²) in [6.45, 7) is 9.86. The van der Waals surface area contributed by atoms with Crippen molar-refractivity contribution >= 4 is 65.3 Å². The third-order valence-corrected chi connectivity index (χ3v) is 13.3. The highest BCUT2D eigenvalue weighted by molar-refractivity contribution is 6.25. The molecule has 1 aliphatic heterocycles. The molecule has 0 bridgehead atoms. The standard InChI is InChI=1S/C50H38N4/c1-29-28-49(2,3)38-20-13-23-41-42(38)50(29,4)39-21-12-19-34-36-27-26-35-33-18-10-11-22-40(33)54(46(35)45(36)53(41)44(34)39)48-37-25-24-30-14-8-9-17-32(30)43(37)51-47(52-48)31-15-6-5-7-16-31/h5-27,29H,28H2,1-4H3. The average molecular weight is 695 g/mol. The molecule has 2 unspecified atom stereocenters. The molecule has 4 heterocycles. The van der Waals surface area contributed by atoms with Gasteiger partial charge in [0.1, 0.15) is 5.82 Å². The van der Waals surface area contributed by atoms with Gasteiger partial charge in [0.05, 0.1) is 33.3 Å². The Kier molecular flexibility index (Phi) is 5.73. The van der Waals surface area contributed by atoms with Crippen molar-refractivity contribution in [2.24, 2.45) is 5.92 Å². The van der Waals surface area contributed by atoms with Crippen molar-refractivity contribution in [1.29, 1.82) is 0 Å². The maximum atomic E-state index is 5.54. The first kappa shape index (κ1) is 30.2. The van der Waals surface area contributed by atoms with Crippen LogP contribution in [0.25, 0.3) is 88.2 Å². The van der Waals surface area contributed by atoms with E-state index in [9.17, 15) is 0 Å². The summed E-state index contributed by atoms with van der Waals surface area (Å²) in [5.41, 5.74) is 12.5. The van der Waals surface area contributed by atoms with E-state index >= 15 is 0 Å². The number of nitrogens with zero attached hydrogens (tertiary/aromatic N) is 4. The first-order chi connectivity index (χ1) is 26.3. The maximum absolute atomic E-state index is 5.54. The van der Waals surface area contributed by atoms with Crippen LogP contribution in [0.3, 0.4) is 0 Å². The van der Waals surface area contributed by atoms with Gasteiger partial charge in [0, 0.05) is 43.3 Å². The predicted octanol–water partition coefficient (Wildman–Crippen LogP) is 12.6. The Morgan fingerprint density at radius 2 is 1.19 bits per heavy atom. The largest absolute Gasteiger partial charge is 0.307 e. The van der Waals surface area contributed by atoms with Gasteiger partial charge in [0.2, 0.25) is 0 Å². The van der Waals surface area contributed by atoms with Gasteiger partial charge in [-0.2, -0.15) is 0 Å². The van der Waals surface area contributed by atoms with Gasteiger partial charge in [-0.3, -0.25) is 4.57 Å². The van der Waals surface area contributed by atoms with E-state index in [1.807, 2.05) is 0 Å². The quantitative estimate of drug-likeness (QED) is 0.169. The second-order valence-corrected chi connectivity index (χ2v) is 16.6. The summed E-state index contributed by atoms with van der Waals surface area (Å²) in [6.07, 6.45) is 1.15. The maximum Gasteiger partial charge on any atom is 0.162 e. The fourth-order valence-corrected chi connectivity index (χ4v) is 10.8. The van der Waals surface area contributed by atoms with Gasteiger partial charge >= 0.3 is 0 Å². The van der Waals surface area contributed by atoms with Crippen LogP contribution in [0.1, 0.15) is 50.8 Å². The third-order valence-electron chi connectivity index (χ3n) is 13.3. The SMILES string of the molecule is CC1CC(C)(C)c2cccc3c2C1(C)c1cccc2c4ccc5c6ccccc6n(-c6nc(-c7ccccc7)nc7c6ccc6ccccc67)c5c4n-3c12. The number of fused-ring (bicyclic) bond motifs is 12. The summed E-state index contributed by atoms with van der Waals surface area (Å²) in [5, 5.41) is 8.33. The second-order valence-electron chi connectivity index (χ2n) is 16.6. The van der Waals surface area contributed by atoms with Crippen molar-refractivity contribution in [3.63, 3.8) is 0 Å². The number of benzene rings is 7. The number of hydrogen-bond acceptors (Lipinski definition) is 2. The van der Waals surface area contributed by atoms with E-state index < -0.39 is 0 Å². The Balaban J connectivity index is 1.32. The van der Waals surface area contributed by atoms with Gasteiger partial charge < -0.3 is 4.57 Å². The van der Waals surface area contributed by atoms with Crippen molar-refractivity contribution < 1.29 is 0 Å². The molecule has 0 fully saturated rings. The summed E-state index contributed by atoms with van der Waals surface area (Å²) >= 11 is 0. The van der Waals surface area contributed by atoms with Crippen LogP contribution in [0.15, 0.2) is 140 Å². The van der Waals surface area contributed by atoms with Crippen molar-refractivity contribution in [1.82, 2.24) is 19.1 Å². The van der Waals surface area contributed by atoms with Crippen LogP contribution < -0.4 is 0 Å². The van der Waals surface area contributed by atoms with Gasteiger partial charge in [0.25, 0.3) is 0 Å². The van der Waals surface area contributed by atoms with Gasteiger partial charge in [-0.15, -0.1) is 0 Å². The molecule has 0 radical (unpaired) electrons. The highest BCUT2D eigenvalue weighted by Crippen LogP contribution is 2.59. The molecule has 0 saturated heterocycles. The predicted molar refractivity (Wildman–Crippen MR) is 224 cm³/mol. The lowest BCUT2D eigenvalue weighted by Gasteiger charge is -2.51. The summed E-state index contributed by atoms with van der Waals surface area (Å²) in [5.74, 6) is 2.09. The summed E-state index contributed by atoms with van der Waals surface area (Å²) in [6, 6.07) is 51.1. The third kappa shape index (κ3) is 3.63. The zero-order valence-corrected chi connectivity index (χ0v) is 30.9. The fourth-order valence-electron chi connectivity index (χ4n) is 10.8. The molecule has 0 N–H and O–H groups in total. The molecule has 4 nitrogen and oxygen atoms in total. The summed E-state index contributed by atoms with van der Waals surface area (Å²) in [7, 11) is 0. The normalized spacial score (nSPS) is 18.7. The van der Waals surface area contributed by atoms with Gasteiger partial charge in [-0.25, -0.2) is 9.97 Å². The van der Waals surface area contributed by atoms with E-state index in [0.29, 0.717) is 5.92 Å². The molecule has 54 heavy (non-hydrogen) atoms. The minimum Gasteiger partial charge on any atom is -0.307 e. The van der Waals surface area contributed by atoms with E-state index in [2.05, 4.69) is 176 Å². The Bertz CT molecular complexity index is 3250. The lowest BCUT2D eigenvalue weighted by Crippen LogP contribution is -2.45. The minimum absolute atomic E-state index is 0.0688. The zero-order valence-electron chi connectivity index (χ0n) is 30.9. The number of hydrogen-bond donors (Lipinski definition) is 0. The van der Waals surface area contributed by atoms with E-state index in [1.54, 1.807) is 0 Å². The molecular weight excluding hydrogens is 657 g/mol. The average Bonchev–Trinajstić information content (AvgIpc) is 3.72. The lowest BCUT2D eigenvalue weighted by atomic mass is 9.54. The molecular formula is C50H38N4. The van der Waals surface area contributed by atoms with E-state index in [0.717, 1.165) is 45.4 Å². The van der Waals surface area contributed by atoms with Crippen molar-refractivity contribution in [3.05, 3.63) is 156 Å². The Hall–Kier alpha value is -6.26. The van der Waals surface area contributed by atoms with E-state index in [-0.39, 0.29) is 10.8 Å². The molecule has 3 aromatic heterocycles. The molecule has 1 aliphatic carbocycles. The molecule has 0 amide bonds. The van der Waals surface area contributed by atoms with Gasteiger partial charge in [-0.1, -0.05) is 149 Å². The first-order valence-corrected chi connectivity index (χ1v) is 19.2. The first-order valence-electron chi connectivity index (χ1n) is 19.2. The smallest absolute Gasteiger partial charge is 0.162 e. The molecule has 2 atom stereocenters. The van der Waals surface area contributed by atoms with Crippen LogP contribution in [0.2, 0.25) is 0 Å². The molecule has 258 valence electrons. The van der Waals surface area contributed by atoms with Crippen LogP contribution in [0.4, 0.5) is 0 Å². The molecule has 12 rings (SSSR count). The second kappa shape index (κ2) is 10.2. The monoisotopic (exact) mass is 694 g/mol. The molecule has 10 aromatic rings. The Morgan fingerprint density at radius 1 is 0.537 bits per heavy atom. The van der Waals surface area contributed by atoms with Crippen molar-refractivity contribution in [3.8, 4) is 22.9 Å². The highest BCUT2D eigenvalue weighted by atomic mass is 15.1. The Labute approximate surface area is 313 Å². The van der Waals surface area contributed by atoms with E-state index in [4.69, 9.17) is 9.97 Å². The van der Waals surface area contributed by atoms with Gasteiger partial charge in [0.15, 0.2) is 5.82 Å². The number of para-hydroxylation sites is 2. The minimum atomic E-state index is -0.106. The van der Waals surface area contributed by atoms with Crippen LogP contribution in [-0.4, -0.2) is 19.1 Å². The van der Waals surface area contributed by atoms with Crippen molar-refractivity contribution in [2.45, 2.75) is 44.9 Å². The van der Waals surface area contributed by atoms with Crippen LogP contribution >= 0.6 is 0 Å². The molecule has 0 spiro atoms. The van der Waals surface area contributed by atoms with Gasteiger partial charge in [-0.05, 0) is 58.0 Å². The Morgan fingerprint density at radius 3 is 2.04 bits per heavy atom. The molecule has 0 saturated carbocycles. The lowest BCUT2D eigenvalue weighted by molar-refractivity contribution is 0.250. The zero-order chi connectivity index (χ0) is 36.1. The molecule has 2 aliphatic rings. The fraction of sp³-hybridized carbons (Fsp3) is 0.160. The topological polar surface area (TPSA) is 35.6 Å². The van der Waals surface area contributed by atoms with Crippen LogP contribution in [0, 0.1) is 5.92 Å². The summed E-state index contributed by atoms with van der Waals surface area (Å²) in [4.78, 5) is 10.9. The molecule has 4 heteroatoms. The van der Waals surface area contributed by atoms with E-state index in [1.165, 1.54) is 65.9 Å². The molecule has 7 aromatic carbocycles. The number of rotatable bonds is 2.